The summed E-state index contributed by atoms with van der Waals surface area (Å²) in [6.45, 7) is 2.71. The van der Waals surface area contributed by atoms with Gasteiger partial charge in [-0.05, 0) is 13.3 Å². The molecule has 3 atom stereocenters. The normalized spacial score (nSPS) is 24.0. The third-order valence-electron chi connectivity index (χ3n) is 3.96. The largest absolute Gasteiger partial charge is 0.462 e. The average molecular weight is 360 g/mol. The molecule has 0 unspecified atom stereocenters. The van der Waals surface area contributed by atoms with Crippen molar-refractivity contribution < 1.29 is 22.1 Å². The molecule has 24 heavy (non-hydrogen) atoms. The second-order valence-electron chi connectivity index (χ2n) is 6.00. The van der Waals surface area contributed by atoms with E-state index in [0.29, 0.717) is 18.4 Å². The van der Waals surface area contributed by atoms with Crippen LogP contribution in [-0.2, 0) is 23.8 Å². The third-order valence-corrected chi connectivity index (χ3v) is 4.52. The molecule has 10 heteroatoms. The number of hydrogen-bond donors (Lipinski definition) is 1. The van der Waals surface area contributed by atoms with Crippen molar-refractivity contribution in [2.45, 2.75) is 38.8 Å². The number of rotatable bonds is 5. The van der Waals surface area contributed by atoms with E-state index in [1.807, 2.05) is 0 Å². The van der Waals surface area contributed by atoms with Crippen LogP contribution in [0.5, 0.6) is 0 Å². The highest BCUT2D eigenvalue weighted by Crippen LogP contribution is 2.36. The first-order valence-electron chi connectivity index (χ1n) is 7.40. The number of nitrogens with zero attached hydrogens (tertiary/aromatic N) is 1. The molecule has 2 rings (SSSR count). The molecule has 9 nitrogen and oxygen atoms in total. The maximum absolute atomic E-state index is 12.0. The van der Waals surface area contributed by atoms with Crippen LogP contribution in [0.1, 0.15) is 31.4 Å². The van der Waals surface area contributed by atoms with E-state index in [-0.39, 0.29) is 18.6 Å². The Kier molecular flexibility index (Phi) is 5.29. The smallest absolute Gasteiger partial charge is 0.328 e. The van der Waals surface area contributed by atoms with Gasteiger partial charge in [0.05, 0.1) is 12.9 Å². The number of H-pyrrole nitrogens is 1. The monoisotopic (exact) mass is 360 g/mol. The molecule has 1 fully saturated rings. The fraction of sp³-hybridized carbons (Fsp3) is 0.643. The molecule has 1 aromatic rings. The number of nitrogens with one attached hydrogen (secondary N) is 1. The molecule has 0 amide bonds. The van der Waals surface area contributed by atoms with Gasteiger partial charge in [0.15, 0.2) is 0 Å². The number of esters is 1. The molecule has 1 aromatic heterocycles. The number of ether oxygens (including phenoxy) is 1. The minimum Gasteiger partial charge on any atom is -0.462 e. The van der Waals surface area contributed by atoms with E-state index in [1.54, 1.807) is 6.92 Å². The molecule has 0 bridgehead atoms. The summed E-state index contributed by atoms with van der Waals surface area (Å²) in [6, 6.07) is -0.328. The van der Waals surface area contributed by atoms with Crippen molar-refractivity contribution >= 4 is 16.1 Å². The van der Waals surface area contributed by atoms with Crippen molar-refractivity contribution in [2.24, 2.45) is 5.92 Å². The molecule has 1 N–H and O–H groups in total. The van der Waals surface area contributed by atoms with Crippen LogP contribution in [-0.4, -0.2) is 42.9 Å². The number of hydrogen-bond acceptors (Lipinski definition) is 7. The lowest BCUT2D eigenvalue weighted by molar-refractivity contribution is -0.148. The van der Waals surface area contributed by atoms with E-state index in [4.69, 9.17) is 8.92 Å². The molecule has 0 saturated heterocycles. The summed E-state index contributed by atoms with van der Waals surface area (Å²) in [5.41, 5.74) is -0.626. The Morgan fingerprint density at radius 1 is 1.38 bits per heavy atom. The van der Waals surface area contributed by atoms with Crippen molar-refractivity contribution in [2.75, 3.05) is 12.9 Å². The van der Waals surface area contributed by atoms with Gasteiger partial charge in [0, 0.05) is 37.1 Å². The summed E-state index contributed by atoms with van der Waals surface area (Å²) in [4.78, 5) is 37.0. The zero-order valence-corrected chi connectivity index (χ0v) is 14.5. The van der Waals surface area contributed by atoms with Crippen LogP contribution in [0.3, 0.4) is 0 Å². The Hall–Kier alpha value is -1.94. The number of carbonyl (C=O) groups excluding carboxylic acids is 1. The summed E-state index contributed by atoms with van der Waals surface area (Å²) in [6.07, 6.45) is 2.56. The van der Waals surface area contributed by atoms with Crippen molar-refractivity contribution in [1.82, 2.24) is 9.55 Å². The van der Waals surface area contributed by atoms with Crippen LogP contribution in [0.25, 0.3) is 0 Å². The number of carbonyl (C=O) groups is 1. The van der Waals surface area contributed by atoms with E-state index in [1.165, 1.54) is 17.7 Å². The van der Waals surface area contributed by atoms with Crippen molar-refractivity contribution in [1.29, 1.82) is 0 Å². The quantitative estimate of drug-likeness (QED) is 0.565. The fourth-order valence-electron chi connectivity index (χ4n) is 2.89. The van der Waals surface area contributed by atoms with Gasteiger partial charge in [-0.1, -0.05) is 0 Å². The predicted octanol–water partition coefficient (Wildman–Crippen LogP) is -0.296. The molecule has 134 valence electrons. The minimum atomic E-state index is -3.62. The second-order valence-corrected chi connectivity index (χ2v) is 7.64. The molecule has 0 spiro atoms. The van der Waals surface area contributed by atoms with Gasteiger partial charge >= 0.3 is 11.7 Å². The first kappa shape index (κ1) is 18.4. The average Bonchev–Trinajstić information content (AvgIpc) is 2.82. The highest BCUT2D eigenvalue weighted by atomic mass is 32.2. The SMILES string of the molecule is CC(=O)O[C@H]1C[C@H](n2cc(C)c(=O)[nH]c2=O)C[C@@H]1COS(C)(=O)=O. The molecular weight excluding hydrogens is 340 g/mol. The maximum Gasteiger partial charge on any atom is 0.328 e. The van der Waals surface area contributed by atoms with E-state index >= 15 is 0 Å². The van der Waals surface area contributed by atoms with Gasteiger partial charge in [-0.3, -0.25) is 23.3 Å². The lowest BCUT2D eigenvalue weighted by atomic mass is 10.1. The highest BCUT2D eigenvalue weighted by Gasteiger charge is 2.38. The summed E-state index contributed by atoms with van der Waals surface area (Å²) >= 11 is 0. The van der Waals surface area contributed by atoms with Gasteiger partial charge in [-0.2, -0.15) is 8.42 Å². The first-order chi connectivity index (χ1) is 11.1. The van der Waals surface area contributed by atoms with Crippen LogP contribution < -0.4 is 11.2 Å². The Labute approximate surface area is 138 Å². The second kappa shape index (κ2) is 6.89. The van der Waals surface area contributed by atoms with Gasteiger partial charge in [0.1, 0.15) is 6.10 Å². The van der Waals surface area contributed by atoms with Crippen LogP contribution in [0.2, 0.25) is 0 Å². The summed E-state index contributed by atoms with van der Waals surface area (Å²) < 4.78 is 33.8. The minimum absolute atomic E-state index is 0.135. The van der Waals surface area contributed by atoms with E-state index in [9.17, 15) is 22.8 Å². The Bertz CT molecular complexity index is 839. The van der Waals surface area contributed by atoms with Gasteiger partial charge in [0.2, 0.25) is 0 Å². The molecule has 0 radical (unpaired) electrons. The molecule has 1 aliphatic rings. The predicted molar refractivity (Wildman–Crippen MR) is 84.2 cm³/mol. The molecule has 0 aliphatic heterocycles. The Morgan fingerprint density at radius 2 is 2.04 bits per heavy atom. The van der Waals surface area contributed by atoms with Crippen molar-refractivity contribution in [3.63, 3.8) is 0 Å². The third kappa shape index (κ3) is 4.54. The van der Waals surface area contributed by atoms with Crippen molar-refractivity contribution in [3.05, 3.63) is 32.6 Å². The van der Waals surface area contributed by atoms with Gasteiger partial charge in [-0.15, -0.1) is 0 Å². The van der Waals surface area contributed by atoms with Gasteiger partial charge in [0.25, 0.3) is 15.7 Å². The Morgan fingerprint density at radius 3 is 2.62 bits per heavy atom. The summed E-state index contributed by atoms with van der Waals surface area (Å²) in [7, 11) is -3.62. The van der Waals surface area contributed by atoms with Gasteiger partial charge in [-0.25, -0.2) is 4.79 Å². The zero-order chi connectivity index (χ0) is 18.1. The van der Waals surface area contributed by atoms with Crippen LogP contribution >= 0.6 is 0 Å². The number of aromatic nitrogens is 2. The summed E-state index contributed by atoms with van der Waals surface area (Å²) in [5.74, 6) is -0.859. The number of aryl methyl sites for hydroxylation is 1. The first-order valence-corrected chi connectivity index (χ1v) is 9.22. The van der Waals surface area contributed by atoms with E-state index < -0.39 is 33.4 Å². The molecule has 1 heterocycles. The van der Waals surface area contributed by atoms with E-state index in [0.717, 1.165) is 6.26 Å². The highest BCUT2D eigenvalue weighted by molar-refractivity contribution is 7.85. The molecule has 1 aliphatic carbocycles. The van der Waals surface area contributed by atoms with Crippen LogP contribution in [0.15, 0.2) is 15.8 Å². The van der Waals surface area contributed by atoms with Crippen LogP contribution in [0.4, 0.5) is 0 Å². The van der Waals surface area contributed by atoms with E-state index in [2.05, 4.69) is 4.98 Å². The maximum atomic E-state index is 12.0. The molecule has 0 aromatic carbocycles. The van der Waals surface area contributed by atoms with Crippen molar-refractivity contribution in [3.8, 4) is 0 Å². The van der Waals surface area contributed by atoms with Gasteiger partial charge < -0.3 is 4.74 Å². The summed E-state index contributed by atoms with van der Waals surface area (Å²) in [5, 5.41) is 0. The lowest BCUT2D eigenvalue weighted by Crippen LogP contribution is -2.32. The Balaban J connectivity index is 2.25. The van der Waals surface area contributed by atoms with Crippen LogP contribution in [0, 0.1) is 12.8 Å². The zero-order valence-electron chi connectivity index (χ0n) is 13.6. The fourth-order valence-corrected chi connectivity index (χ4v) is 3.31. The standard InChI is InChI=1S/C14H20N2O7S/c1-8-6-16(14(19)15-13(8)18)11-4-10(7-22-24(3,20)21)12(5-11)23-9(2)17/h6,10-12H,4-5,7H2,1-3H3,(H,15,18,19)/t10-,11-,12+/m1/s1. The topological polar surface area (TPSA) is 125 Å². The lowest BCUT2D eigenvalue weighted by Gasteiger charge is -2.18. The molecule has 1 saturated carbocycles. The number of aromatic amines is 1. The molecular formula is C14H20N2O7S.